The van der Waals surface area contributed by atoms with Crippen molar-refractivity contribution in [1.29, 1.82) is 0 Å². The molecule has 110 valence electrons. The number of guanidine groups is 1. The molecule has 1 atom stereocenters. The van der Waals surface area contributed by atoms with Crippen LogP contribution in [0.5, 0.6) is 0 Å². The Morgan fingerprint density at radius 2 is 2.05 bits per heavy atom. The molecule has 2 aromatic rings. The van der Waals surface area contributed by atoms with Gasteiger partial charge in [0.15, 0.2) is 5.96 Å². The van der Waals surface area contributed by atoms with Crippen LogP contribution in [-0.4, -0.2) is 22.9 Å². The highest BCUT2D eigenvalue weighted by atomic mass is 32.1. The molecule has 4 heteroatoms. The van der Waals surface area contributed by atoms with Gasteiger partial charge in [0.05, 0.1) is 18.6 Å². The Bertz CT molecular complexity index is 606. The summed E-state index contributed by atoms with van der Waals surface area (Å²) in [6.07, 6.45) is 2.03. The zero-order valence-corrected chi connectivity index (χ0v) is 13.1. The molecule has 1 unspecified atom stereocenters. The predicted molar refractivity (Wildman–Crippen MR) is 89.5 cm³/mol. The van der Waals surface area contributed by atoms with E-state index < -0.39 is 0 Å². The quantitative estimate of drug-likeness (QED) is 0.920. The molecule has 21 heavy (non-hydrogen) atoms. The first-order valence-corrected chi connectivity index (χ1v) is 8.25. The number of thiophene rings is 1. The fourth-order valence-electron chi connectivity index (χ4n) is 3.00. The van der Waals surface area contributed by atoms with Crippen molar-refractivity contribution >= 4 is 17.3 Å². The summed E-state index contributed by atoms with van der Waals surface area (Å²) in [5.41, 5.74) is 7.54. The van der Waals surface area contributed by atoms with Gasteiger partial charge in [-0.1, -0.05) is 43.3 Å². The van der Waals surface area contributed by atoms with E-state index in [1.807, 2.05) is 0 Å². The lowest BCUT2D eigenvalue weighted by Gasteiger charge is -2.38. The molecule has 0 fully saturated rings. The summed E-state index contributed by atoms with van der Waals surface area (Å²) in [5.74, 6) is 0.682. The van der Waals surface area contributed by atoms with Crippen LogP contribution in [0.2, 0.25) is 0 Å². The molecule has 1 aliphatic rings. The van der Waals surface area contributed by atoms with Crippen LogP contribution in [0, 0.1) is 0 Å². The number of aliphatic imine (C=N–C) groups is 1. The lowest BCUT2D eigenvalue weighted by atomic mass is 9.87. The lowest BCUT2D eigenvalue weighted by molar-refractivity contribution is 0.185. The number of rotatable bonds is 5. The summed E-state index contributed by atoms with van der Waals surface area (Å²) >= 11 is 1.78. The Labute approximate surface area is 130 Å². The Balaban J connectivity index is 1.85. The van der Waals surface area contributed by atoms with Crippen molar-refractivity contribution in [3.8, 4) is 0 Å². The van der Waals surface area contributed by atoms with E-state index in [4.69, 9.17) is 5.73 Å². The highest BCUT2D eigenvalue weighted by Gasteiger charge is 2.40. The molecule has 0 radical (unpaired) electrons. The third-order valence-electron chi connectivity index (χ3n) is 4.31. The van der Waals surface area contributed by atoms with Crippen LogP contribution in [0.25, 0.3) is 0 Å². The van der Waals surface area contributed by atoms with Crippen LogP contribution >= 0.6 is 11.3 Å². The smallest absolute Gasteiger partial charge is 0.192 e. The van der Waals surface area contributed by atoms with Crippen molar-refractivity contribution in [3.05, 3.63) is 58.3 Å². The minimum Gasteiger partial charge on any atom is -0.370 e. The topological polar surface area (TPSA) is 41.6 Å². The molecule has 0 bridgehead atoms. The molecular weight excluding hydrogens is 278 g/mol. The van der Waals surface area contributed by atoms with Crippen LogP contribution < -0.4 is 5.73 Å². The first-order valence-electron chi connectivity index (χ1n) is 7.37. The van der Waals surface area contributed by atoms with E-state index in [2.05, 4.69) is 64.7 Å². The van der Waals surface area contributed by atoms with E-state index >= 15 is 0 Å². The van der Waals surface area contributed by atoms with Crippen molar-refractivity contribution in [2.45, 2.75) is 31.8 Å². The van der Waals surface area contributed by atoms with Gasteiger partial charge in [0.2, 0.25) is 0 Å². The number of hydrogen-bond acceptors (Lipinski definition) is 4. The monoisotopic (exact) mass is 299 g/mol. The van der Waals surface area contributed by atoms with Crippen molar-refractivity contribution in [2.24, 2.45) is 10.7 Å². The van der Waals surface area contributed by atoms with Gasteiger partial charge in [0.1, 0.15) is 0 Å². The molecule has 1 aliphatic heterocycles. The number of benzene rings is 1. The summed E-state index contributed by atoms with van der Waals surface area (Å²) in [6, 6.07) is 14.9. The number of nitrogens with zero attached hydrogens (tertiary/aromatic N) is 2. The molecule has 3 rings (SSSR count). The second-order valence-corrected chi connectivity index (χ2v) is 6.61. The van der Waals surface area contributed by atoms with E-state index in [9.17, 15) is 0 Å². The van der Waals surface area contributed by atoms with Crippen LogP contribution in [0.1, 0.15) is 23.8 Å². The van der Waals surface area contributed by atoms with E-state index in [0.717, 1.165) is 25.9 Å². The van der Waals surface area contributed by atoms with Crippen molar-refractivity contribution < 1.29 is 0 Å². The van der Waals surface area contributed by atoms with Crippen molar-refractivity contribution in [3.63, 3.8) is 0 Å². The maximum Gasteiger partial charge on any atom is 0.192 e. The third-order valence-corrected chi connectivity index (χ3v) is 5.17. The second kappa shape index (κ2) is 5.90. The Kier molecular flexibility index (Phi) is 3.97. The standard InChI is InChI=1S/C17H21N3S/c1-2-17(11-14-7-4-3-5-8-14)13-19-16(18)20(17)12-15-9-6-10-21-15/h3-10H,2,11-13H2,1H3,(H2,18,19). The average Bonchev–Trinajstić information content (AvgIpc) is 3.12. The molecule has 1 aromatic carbocycles. The molecule has 1 aromatic heterocycles. The normalized spacial score (nSPS) is 21.6. The zero-order chi connectivity index (χ0) is 14.7. The highest BCUT2D eigenvalue weighted by molar-refractivity contribution is 7.09. The maximum absolute atomic E-state index is 6.18. The van der Waals surface area contributed by atoms with Gasteiger partial charge >= 0.3 is 0 Å². The van der Waals surface area contributed by atoms with Gasteiger partial charge < -0.3 is 10.6 Å². The first kappa shape index (κ1) is 14.1. The molecule has 0 saturated heterocycles. The van der Waals surface area contributed by atoms with Crippen LogP contribution in [0.4, 0.5) is 0 Å². The lowest BCUT2D eigenvalue weighted by Crippen LogP contribution is -2.52. The van der Waals surface area contributed by atoms with E-state index in [0.29, 0.717) is 5.96 Å². The molecule has 0 spiro atoms. The minimum atomic E-state index is 0.00935. The zero-order valence-electron chi connectivity index (χ0n) is 12.3. The largest absolute Gasteiger partial charge is 0.370 e. The van der Waals surface area contributed by atoms with E-state index in [1.54, 1.807) is 11.3 Å². The summed E-state index contributed by atoms with van der Waals surface area (Å²) < 4.78 is 0. The third kappa shape index (κ3) is 2.81. The van der Waals surface area contributed by atoms with Gasteiger partial charge in [0.25, 0.3) is 0 Å². The summed E-state index contributed by atoms with van der Waals surface area (Å²) in [4.78, 5) is 8.18. The SMILES string of the molecule is CCC1(Cc2ccccc2)CN=C(N)N1Cc1cccs1. The maximum atomic E-state index is 6.18. The van der Waals surface area contributed by atoms with Gasteiger partial charge in [0, 0.05) is 4.88 Å². The highest BCUT2D eigenvalue weighted by Crippen LogP contribution is 2.31. The molecule has 0 saturated carbocycles. The van der Waals surface area contributed by atoms with Crippen LogP contribution in [0.15, 0.2) is 52.8 Å². The van der Waals surface area contributed by atoms with Crippen LogP contribution in [-0.2, 0) is 13.0 Å². The summed E-state index contributed by atoms with van der Waals surface area (Å²) in [6.45, 7) is 3.88. The Hall–Kier alpha value is -1.81. The van der Waals surface area contributed by atoms with Gasteiger partial charge in [-0.2, -0.15) is 0 Å². The van der Waals surface area contributed by atoms with Gasteiger partial charge in [-0.05, 0) is 29.9 Å². The number of nitrogens with two attached hydrogens (primary N) is 1. The van der Waals surface area contributed by atoms with Crippen LogP contribution in [0.3, 0.4) is 0 Å². The van der Waals surface area contributed by atoms with Gasteiger partial charge in [-0.3, -0.25) is 4.99 Å². The van der Waals surface area contributed by atoms with Crippen molar-refractivity contribution in [1.82, 2.24) is 4.90 Å². The molecule has 2 N–H and O–H groups in total. The molecule has 2 heterocycles. The second-order valence-electron chi connectivity index (χ2n) is 5.58. The Morgan fingerprint density at radius 3 is 2.71 bits per heavy atom. The predicted octanol–water partition coefficient (Wildman–Crippen LogP) is 3.27. The molecule has 0 amide bonds. The summed E-state index contributed by atoms with van der Waals surface area (Å²) in [7, 11) is 0. The minimum absolute atomic E-state index is 0.00935. The molecule has 0 aliphatic carbocycles. The number of hydrogen-bond donors (Lipinski definition) is 1. The fraction of sp³-hybridized carbons (Fsp3) is 0.353. The average molecular weight is 299 g/mol. The molecule has 3 nitrogen and oxygen atoms in total. The van der Waals surface area contributed by atoms with Gasteiger partial charge in [-0.15, -0.1) is 11.3 Å². The molecular formula is C17H21N3S. The van der Waals surface area contributed by atoms with Crippen molar-refractivity contribution in [2.75, 3.05) is 6.54 Å². The first-order chi connectivity index (χ1) is 10.2. The summed E-state index contributed by atoms with van der Waals surface area (Å²) in [5, 5.41) is 2.11. The van der Waals surface area contributed by atoms with Gasteiger partial charge in [-0.25, -0.2) is 0 Å². The Morgan fingerprint density at radius 1 is 1.24 bits per heavy atom. The fourth-order valence-corrected chi connectivity index (χ4v) is 3.70. The van der Waals surface area contributed by atoms with E-state index in [-0.39, 0.29) is 5.54 Å². The van der Waals surface area contributed by atoms with E-state index in [1.165, 1.54) is 10.4 Å².